The molecule has 18 heavy (non-hydrogen) atoms. The molecule has 2 heterocycles. The quantitative estimate of drug-likeness (QED) is 0.440. The molecule has 0 fully saturated rings. The van der Waals surface area contributed by atoms with Gasteiger partial charge in [-0.15, -0.1) is 0 Å². The first-order valence-corrected chi connectivity index (χ1v) is 5.17. The molecule has 90 valence electrons. The Morgan fingerprint density at radius 2 is 1.72 bits per heavy atom. The van der Waals surface area contributed by atoms with Crippen LogP contribution >= 0.6 is 0 Å². The van der Waals surface area contributed by atoms with E-state index in [2.05, 4.69) is 9.97 Å². The summed E-state index contributed by atoms with van der Waals surface area (Å²) in [5, 5.41) is 9.36. The van der Waals surface area contributed by atoms with Gasteiger partial charge in [0, 0.05) is 7.05 Å². The summed E-state index contributed by atoms with van der Waals surface area (Å²) >= 11 is 0. The molecule has 7 nitrogen and oxygen atoms in total. The normalized spacial score (nSPS) is 11.2. The number of nitrogens with zero attached hydrogens (tertiary/aromatic N) is 4. The van der Waals surface area contributed by atoms with Crippen LogP contribution in [-0.4, -0.2) is 24.5 Å². The molecule has 0 atom stereocenters. The number of benzene rings is 1. The van der Waals surface area contributed by atoms with E-state index in [4.69, 9.17) is 0 Å². The smallest absolute Gasteiger partial charge is 0.365 e. The average molecular weight is 244 g/mol. The van der Waals surface area contributed by atoms with Crippen LogP contribution in [0.3, 0.4) is 0 Å². The summed E-state index contributed by atoms with van der Waals surface area (Å²) in [7, 11) is 1.42. The van der Waals surface area contributed by atoms with Gasteiger partial charge in [0.15, 0.2) is 11.2 Å². The summed E-state index contributed by atoms with van der Waals surface area (Å²) in [6, 6.07) is 6.99. The Morgan fingerprint density at radius 3 is 2.39 bits per heavy atom. The summed E-state index contributed by atoms with van der Waals surface area (Å²) < 4.78 is 1.11. The van der Waals surface area contributed by atoms with Gasteiger partial charge in [-0.3, -0.25) is 9.36 Å². The second-order valence-corrected chi connectivity index (χ2v) is 3.84. The fourth-order valence-electron chi connectivity index (χ4n) is 1.79. The van der Waals surface area contributed by atoms with E-state index in [0.717, 1.165) is 4.57 Å². The van der Waals surface area contributed by atoms with Crippen LogP contribution in [0.25, 0.3) is 22.2 Å². The molecule has 0 amide bonds. The summed E-state index contributed by atoms with van der Waals surface area (Å²) in [5.74, 6) is 0. The predicted octanol–water partition coefficient (Wildman–Crippen LogP) is -0.119. The maximum Gasteiger partial charge on any atom is 0.365 e. The van der Waals surface area contributed by atoms with Crippen LogP contribution in [0.15, 0.2) is 33.9 Å². The molecule has 3 aromatic rings. The maximum absolute atomic E-state index is 11.7. The van der Waals surface area contributed by atoms with E-state index in [1.165, 1.54) is 7.05 Å². The highest BCUT2D eigenvalue weighted by Gasteiger charge is 2.13. The van der Waals surface area contributed by atoms with E-state index < -0.39 is 11.2 Å². The summed E-state index contributed by atoms with van der Waals surface area (Å²) in [6.45, 7) is 0. The van der Waals surface area contributed by atoms with Gasteiger partial charge in [-0.1, -0.05) is 16.9 Å². The molecule has 0 aliphatic carbocycles. The monoisotopic (exact) mass is 244 g/mol. The van der Waals surface area contributed by atoms with Crippen molar-refractivity contribution in [2.75, 3.05) is 0 Å². The lowest BCUT2D eigenvalue weighted by molar-refractivity contribution is 0.158. The van der Waals surface area contributed by atoms with Crippen molar-refractivity contribution in [2.45, 2.75) is 0 Å². The molecule has 1 aromatic carbocycles. The van der Waals surface area contributed by atoms with Crippen LogP contribution in [-0.2, 0) is 7.05 Å². The van der Waals surface area contributed by atoms with Gasteiger partial charge in [0.25, 0.3) is 0 Å². The minimum atomic E-state index is -0.869. The third-order valence-electron chi connectivity index (χ3n) is 2.73. The van der Waals surface area contributed by atoms with Gasteiger partial charge < -0.3 is 5.21 Å². The molecular formula is C11H8N4O3. The Morgan fingerprint density at radius 1 is 1.11 bits per heavy atom. The van der Waals surface area contributed by atoms with Crippen LogP contribution in [0.5, 0.6) is 0 Å². The number of para-hydroxylation sites is 2. The van der Waals surface area contributed by atoms with Crippen LogP contribution in [0.2, 0.25) is 0 Å². The molecule has 0 bridgehead atoms. The molecule has 0 aliphatic rings. The molecular weight excluding hydrogens is 236 g/mol. The number of fused-ring (bicyclic) bond motifs is 2. The second kappa shape index (κ2) is 3.39. The van der Waals surface area contributed by atoms with Crippen LogP contribution in [0.4, 0.5) is 0 Å². The number of aromatic nitrogens is 4. The zero-order valence-corrected chi connectivity index (χ0v) is 9.36. The predicted molar refractivity (Wildman–Crippen MR) is 63.7 cm³/mol. The van der Waals surface area contributed by atoms with Gasteiger partial charge in [-0.25, -0.2) is 14.8 Å². The molecule has 0 spiro atoms. The van der Waals surface area contributed by atoms with Crippen molar-refractivity contribution in [2.24, 2.45) is 7.05 Å². The first-order valence-electron chi connectivity index (χ1n) is 5.17. The Balaban J connectivity index is 2.67. The SMILES string of the molecule is Cn1c(=O)n(O)c(=O)c2nc3ccccc3nc21. The zero-order valence-electron chi connectivity index (χ0n) is 9.36. The lowest BCUT2D eigenvalue weighted by atomic mass is 10.3. The number of hydrogen-bond acceptors (Lipinski definition) is 5. The van der Waals surface area contributed by atoms with Gasteiger partial charge in [0.1, 0.15) is 0 Å². The maximum atomic E-state index is 11.7. The van der Waals surface area contributed by atoms with Gasteiger partial charge >= 0.3 is 11.2 Å². The summed E-state index contributed by atoms with van der Waals surface area (Å²) in [4.78, 5) is 31.6. The van der Waals surface area contributed by atoms with Crippen molar-refractivity contribution < 1.29 is 5.21 Å². The fourth-order valence-corrected chi connectivity index (χ4v) is 1.79. The number of rotatable bonds is 0. The Labute approximate surface area is 99.5 Å². The van der Waals surface area contributed by atoms with Crippen LogP contribution in [0, 0.1) is 0 Å². The molecule has 7 heteroatoms. The van der Waals surface area contributed by atoms with E-state index in [0.29, 0.717) is 11.0 Å². The van der Waals surface area contributed by atoms with Crippen molar-refractivity contribution in [1.82, 2.24) is 19.3 Å². The van der Waals surface area contributed by atoms with E-state index in [1.54, 1.807) is 24.3 Å². The first-order chi connectivity index (χ1) is 8.59. The van der Waals surface area contributed by atoms with E-state index in [-0.39, 0.29) is 15.9 Å². The van der Waals surface area contributed by atoms with Gasteiger partial charge in [-0.2, -0.15) is 0 Å². The molecule has 1 N–H and O–H groups in total. The van der Waals surface area contributed by atoms with Crippen LogP contribution < -0.4 is 11.2 Å². The zero-order chi connectivity index (χ0) is 12.9. The third kappa shape index (κ3) is 1.24. The summed E-state index contributed by atoms with van der Waals surface area (Å²) in [6.07, 6.45) is 0. The summed E-state index contributed by atoms with van der Waals surface area (Å²) in [5.41, 5.74) is -0.508. The van der Waals surface area contributed by atoms with E-state index in [9.17, 15) is 14.8 Å². The van der Waals surface area contributed by atoms with Crippen molar-refractivity contribution >= 4 is 22.2 Å². The number of aryl methyl sites for hydroxylation is 1. The molecule has 0 saturated carbocycles. The molecule has 0 unspecified atom stereocenters. The highest BCUT2D eigenvalue weighted by Crippen LogP contribution is 2.11. The minimum absolute atomic E-state index is 0.0335. The largest absolute Gasteiger partial charge is 0.421 e. The molecule has 3 rings (SSSR count). The molecule has 0 saturated heterocycles. The van der Waals surface area contributed by atoms with E-state index in [1.807, 2.05) is 0 Å². The van der Waals surface area contributed by atoms with Crippen molar-refractivity contribution in [1.29, 1.82) is 0 Å². The van der Waals surface area contributed by atoms with Crippen molar-refractivity contribution in [3.8, 4) is 0 Å². The van der Waals surface area contributed by atoms with Gasteiger partial charge in [0.05, 0.1) is 11.0 Å². The van der Waals surface area contributed by atoms with Crippen molar-refractivity contribution in [3.05, 3.63) is 45.1 Å². The Kier molecular flexibility index (Phi) is 1.97. The Hall–Kier alpha value is -2.70. The fraction of sp³-hybridized carbons (Fsp3) is 0.0909. The molecule has 0 radical (unpaired) electrons. The molecule has 0 aliphatic heterocycles. The average Bonchev–Trinajstić information content (AvgIpc) is 2.41. The highest BCUT2D eigenvalue weighted by molar-refractivity contribution is 5.83. The van der Waals surface area contributed by atoms with Gasteiger partial charge in [-0.05, 0) is 12.1 Å². The lowest BCUT2D eigenvalue weighted by Crippen LogP contribution is -2.38. The van der Waals surface area contributed by atoms with Crippen molar-refractivity contribution in [3.63, 3.8) is 0 Å². The molecule has 2 aromatic heterocycles. The van der Waals surface area contributed by atoms with Gasteiger partial charge in [0.2, 0.25) is 0 Å². The standard InChI is InChI=1S/C11H8N4O3/c1-14-9-8(10(16)15(18)11(14)17)12-6-4-2-3-5-7(6)13-9/h2-5,18H,1H3. The third-order valence-corrected chi connectivity index (χ3v) is 2.73. The van der Waals surface area contributed by atoms with E-state index >= 15 is 0 Å². The lowest BCUT2D eigenvalue weighted by Gasteiger charge is -2.05. The topological polar surface area (TPSA) is 90.0 Å². The minimum Gasteiger partial charge on any atom is -0.421 e. The first kappa shape index (κ1) is 10.5. The number of hydrogen-bond donors (Lipinski definition) is 1. The highest BCUT2D eigenvalue weighted by atomic mass is 16.5. The second-order valence-electron chi connectivity index (χ2n) is 3.84. The Bertz CT molecular complexity index is 894. The van der Waals surface area contributed by atoms with Crippen LogP contribution in [0.1, 0.15) is 0 Å².